The molecule has 1 aliphatic carbocycles. The predicted octanol–water partition coefficient (Wildman–Crippen LogP) is 4.04. The van der Waals surface area contributed by atoms with Gasteiger partial charge < -0.3 is 9.30 Å². The lowest BCUT2D eigenvalue weighted by atomic mass is 10.1. The average Bonchev–Trinajstić information content (AvgIpc) is 2.90. The number of nitrogens with zero attached hydrogens (tertiary/aromatic N) is 3. The predicted molar refractivity (Wildman–Crippen MR) is 101 cm³/mol. The SMILES string of the molecule is C#CCn1cc(C(C#N)OC(=O)C2C(C=C(Br)Br)C2(C)C)c([N+](=O)[O-])c1. The number of allylic oxidation sites excluding steroid dienone is 1. The number of ether oxygens (including phenoxy) is 1. The van der Waals surface area contributed by atoms with Crippen LogP contribution in [0.15, 0.2) is 21.9 Å². The number of esters is 1. The third kappa shape index (κ3) is 4.00. The smallest absolute Gasteiger partial charge is 0.311 e. The van der Waals surface area contributed by atoms with Gasteiger partial charge >= 0.3 is 5.97 Å². The van der Waals surface area contributed by atoms with Gasteiger partial charge in [-0.25, -0.2) is 0 Å². The molecule has 26 heavy (non-hydrogen) atoms. The van der Waals surface area contributed by atoms with Gasteiger partial charge in [0.05, 0.1) is 27.0 Å². The second-order valence-corrected chi connectivity index (χ2v) is 9.23. The van der Waals surface area contributed by atoms with Crippen molar-refractivity contribution in [3.63, 3.8) is 0 Å². The van der Waals surface area contributed by atoms with Gasteiger partial charge in [0, 0.05) is 6.20 Å². The molecule has 0 amide bonds. The molecule has 0 N–H and O–H groups in total. The van der Waals surface area contributed by atoms with Crippen LogP contribution in [-0.4, -0.2) is 15.5 Å². The van der Waals surface area contributed by atoms with Crippen molar-refractivity contribution in [1.82, 2.24) is 4.57 Å². The van der Waals surface area contributed by atoms with Crippen LogP contribution >= 0.6 is 31.9 Å². The first-order valence-corrected chi connectivity index (χ1v) is 9.12. The summed E-state index contributed by atoms with van der Waals surface area (Å²) < 4.78 is 7.43. The Bertz CT molecular complexity index is 856. The maximum absolute atomic E-state index is 12.5. The summed E-state index contributed by atoms with van der Waals surface area (Å²) in [5.74, 6) is 1.29. The van der Waals surface area contributed by atoms with E-state index in [9.17, 15) is 20.2 Å². The maximum Gasteiger partial charge on any atom is 0.311 e. The second kappa shape index (κ2) is 7.65. The van der Waals surface area contributed by atoms with Crippen LogP contribution in [0.1, 0.15) is 25.5 Å². The van der Waals surface area contributed by atoms with Crippen molar-refractivity contribution >= 4 is 43.5 Å². The number of rotatable bonds is 6. The molecule has 1 aliphatic rings. The van der Waals surface area contributed by atoms with Crippen LogP contribution in [0.5, 0.6) is 0 Å². The molecule has 0 aliphatic heterocycles. The Morgan fingerprint density at radius 2 is 2.23 bits per heavy atom. The van der Waals surface area contributed by atoms with E-state index in [1.165, 1.54) is 17.0 Å². The fourth-order valence-electron chi connectivity index (χ4n) is 2.99. The van der Waals surface area contributed by atoms with E-state index in [1.54, 1.807) is 0 Å². The van der Waals surface area contributed by atoms with Crippen molar-refractivity contribution in [2.45, 2.75) is 26.5 Å². The van der Waals surface area contributed by atoms with E-state index in [4.69, 9.17) is 11.2 Å². The molecular formula is C17H15Br2N3O4. The fraction of sp³-hybridized carbons (Fsp3) is 0.412. The monoisotopic (exact) mass is 483 g/mol. The molecule has 1 aromatic rings. The van der Waals surface area contributed by atoms with E-state index in [2.05, 4.69) is 37.8 Å². The lowest BCUT2D eigenvalue weighted by Crippen LogP contribution is -2.15. The van der Waals surface area contributed by atoms with Gasteiger partial charge in [0.2, 0.25) is 6.10 Å². The molecule has 0 saturated heterocycles. The molecule has 0 spiro atoms. The molecule has 7 nitrogen and oxygen atoms in total. The van der Waals surface area contributed by atoms with E-state index >= 15 is 0 Å². The van der Waals surface area contributed by atoms with Crippen LogP contribution in [0, 0.1) is 51.0 Å². The van der Waals surface area contributed by atoms with E-state index in [0.29, 0.717) is 0 Å². The minimum atomic E-state index is -1.38. The van der Waals surface area contributed by atoms with E-state index in [1.807, 2.05) is 26.0 Å². The Labute approximate surface area is 167 Å². The summed E-state index contributed by atoms with van der Waals surface area (Å²) in [6, 6.07) is 1.82. The van der Waals surface area contributed by atoms with Gasteiger partial charge in [-0.05, 0) is 43.2 Å². The second-order valence-electron chi connectivity index (χ2n) is 6.46. The van der Waals surface area contributed by atoms with Gasteiger partial charge in [-0.3, -0.25) is 14.9 Å². The molecule has 3 unspecified atom stereocenters. The van der Waals surface area contributed by atoms with Crippen molar-refractivity contribution in [3.05, 3.63) is 37.5 Å². The molecule has 0 bridgehead atoms. The Hall–Kier alpha value is -2.10. The highest BCUT2D eigenvalue weighted by Crippen LogP contribution is 2.60. The van der Waals surface area contributed by atoms with Gasteiger partial charge in [-0.15, -0.1) is 6.42 Å². The average molecular weight is 485 g/mol. The fourth-order valence-corrected chi connectivity index (χ4v) is 3.56. The number of hydrogen-bond acceptors (Lipinski definition) is 5. The zero-order valence-electron chi connectivity index (χ0n) is 14.0. The number of nitriles is 1. The summed E-state index contributed by atoms with van der Waals surface area (Å²) >= 11 is 6.53. The molecule has 1 fully saturated rings. The number of nitro groups is 1. The van der Waals surface area contributed by atoms with Crippen LogP contribution in [0.2, 0.25) is 0 Å². The number of aromatic nitrogens is 1. The van der Waals surface area contributed by atoms with Crippen LogP contribution in [0.4, 0.5) is 5.69 Å². The molecule has 3 atom stereocenters. The van der Waals surface area contributed by atoms with Crippen molar-refractivity contribution < 1.29 is 14.5 Å². The number of carbonyl (C=O) groups is 1. The molecule has 1 saturated carbocycles. The highest BCUT2D eigenvalue weighted by atomic mass is 79.9. The van der Waals surface area contributed by atoms with Crippen LogP contribution in [0.25, 0.3) is 0 Å². The largest absolute Gasteiger partial charge is 0.441 e. The van der Waals surface area contributed by atoms with E-state index in [-0.39, 0.29) is 29.1 Å². The number of terminal acetylenes is 1. The van der Waals surface area contributed by atoms with E-state index in [0.717, 1.165) is 3.39 Å². The number of hydrogen-bond donors (Lipinski definition) is 0. The Balaban J connectivity index is 2.25. The molecular weight excluding hydrogens is 470 g/mol. The third-order valence-corrected chi connectivity index (χ3v) is 4.99. The van der Waals surface area contributed by atoms with Crippen LogP contribution < -0.4 is 0 Å². The summed E-state index contributed by atoms with van der Waals surface area (Å²) in [5, 5.41) is 20.6. The van der Waals surface area contributed by atoms with Gasteiger partial charge in [0.25, 0.3) is 5.69 Å². The number of carbonyl (C=O) groups excluding carboxylic acids is 1. The Kier molecular flexibility index (Phi) is 5.94. The zero-order chi connectivity index (χ0) is 19.6. The first-order valence-electron chi connectivity index (χ1n) is 7.54. The molecule has 136 valence electrons. The molecule has 9 heteroatoms. The first-order chi connectivity index (χ1) is 12.1. The summed E-state index contributed by atoms with van der Waals surface area (Å²) in [7, 11) is 0. The lowest BCUT2D eigenvalue weighted by Gasteiger charge is -2.10. The van der Waals surface area contributed by atoms with Crippen molar-refractivity contribution in [1.29, 1.82) is 5.26 Å². The van der Waals surface area contributed by atoms with Gasteiger partial charge in [0.1, 0.15) is 11.6 Å². The quantitative estimate of drug-likeness (QED) is 0.262. The molecule has 2 rings (SSSR count). The summed E-state index contributed by atoms with van der Waals surface area (Å²) in [6.45, 7) is 3.93. The van der Waals surface area contributed by atoms with Gasteiger partial charge in [-0.1, -0.05) is 25.8 Å². The van der Waals surface area contributed by atoms with Crippen molar-refractivity contribution in [2.24, 2.45) is 17.3 Å². The highest BCUT2D eigenvalue weighted by molar-refractivity contribution is 9.28. The maximum atomic E-state index is 12.5. The van der Waals surface area contributed by atoms with Gasteiger partial charge in [0.15, 0.2) is 0 Å². The lowest BCUT2D eigenvalue weighted by molar-refractivity contribution is -0.385. The Morgan fingerprint density at radius 3 is 2.73 bits per heavy atom. The van der Waals surface area contributed by atoms with Crippen molar-refractivity contribution in [3.8, 4) is 18.4 Å². The summed E-state index contributed by atoms with van der Waals surface area (Å²) in [6.07, 6.45) is 8.27. The minimum Gasteiger partial charge on any atom is -0.441 e. The highest BCUT2D eigenvalue weighted by Gasteiger charge is 2.62. The van der Waals surface area contributed by atoms with Gasteiger partial charge in [-0.2, -0.15) is 5.26 Å². The summed E-state index contributed by atoms with van der Waals surface area (Å²) in [5.41, 5.74) is -0.631. The van der Waals surface area contributed by atoms with Crippen LogP contribution in [-0.2, 0) is 16.1 Å². The molecule has 1 aromatic heterocycles. The van der Waals surface area contributed by atoms with Crippen LogP contribution in [0.3, 0.4) is 0 Å². The Morgan fingerprint density at radius 1 is 1.58 bits per heavy atom. The van der Waals surface area contributed by atoms with E-state index < -0.39 is 22.9 Å². The third-order valence-electron chi connectivity index (χ3n) is 4.46. The summed E-state index contributed by atoms with van der Waals surface area (Å²) in [4.78, 5) is 23.1. The number of halogens is 2. The molecule has 1 heterocycles. The zero-order valence-corrected chi connectivity index (χ0v) is 17.2. The normalized spacial score (nSPS) is 21.0. The van der Waals surface area contributed by atoms with Crippen molar-refractivity contribution in [2.75, 3.05) is 0 Å². The topological polar surface area (TPSA) is 98.2 Å². The minimum absolute atomic E-state index is 0.00770. The first kappa shape index (κ1) is 20.2. The molecule has 0 aromatic carbocycles. The molecule has 0 radical (unpaired) electrons. The standard InChI is InChI=1S/C17H15Br2N3O4/c1-4-5-21-8-10(12(9-21)22(24)25)13(7-20)26-16(23)15-11(6-14(18)19)17(15,2)3/h1,6,8-9,11,13,15H,5H2,2-3H3.